The number of esters is 1. The molecular weight excluding hydrogens is 354 g/mol. The number of thiophene rings is 1. The number of aromatic nitrogens is 2. The number of carbonyl (C=O) groups excluding carboxylic acids is 2. The maximum Gasteiger partial charge on any atom is 0.308 e. The van der Waals surface area contributed by atoms with Crippen LogP contribution in [0.1, 0.15) is 37.6 Å². The molecule has 1 atom stereocenters. The van der Waals surface area contributed by atoms with Gasteiger partial charge in [-0.3, -0.25) is 19.0 Å². The normalized spacial score (nSPS) is 12.4. The third kappa shape index (κ3) is 4.69. The highest BCUT2D eigenvalue weighted by molar-refractivity contribution is 7.18. The molecule has 8 heteroatoms. The lowest BCUT2D eigenvalue weighted by Gasteiger charge is -2.14. The van der Waals surface area contributed by atoms with Gasteiger partial charge in [-0.2, -0.15) is 0 Å². The summed E-state index contributed by atoms with van der Waals surface area (Å²) in [6.45, 7) is 10.0. The van der Waals surface area contributed by atoms with Crippen molar-refractivity contribution in [2.24, 2.45) is 5.92 Å². The molecule has 0 spiro atoms. The van der Waals surface area contributed by atoms with E-state index in [0.717, 1.165) is 10.4 Å². The van der Waals surface area contributed by atoms with Gasteiger partial charge in [0, 0.05) is 18.0 Å². The zero-order chi connectivity index (χ0) is 19.4. The molecule has 0 aliphatic rings. The van der Waals surface area contributed by atoms with Gasteiger partial charge >= 0.3 is 5.97 Å². The Morgan fingerprint density at radius 1 is 1.31 bits per heavy atom. The summed E-state index contributed by atoms with van der Waals surface area (Å²) in [5, 5.41) is 3.32. The van der Waals surface area contributed by atoms with E-state index in [9.17, 15) is 14.4 Å². The highest BCUT2D eigenvalue weighted by atomic mass is 32.1. The number of rotatable bonds is 7. The number of ether oxygens (including phenoxy) is 1. The minimum Gasteiger partial charge on any atom is -0.452 e. The minimum atomic E-state index is -0.861. The number of aryl methyl sites for hydroxylation is 3. The van der Waals surface area contributed by atoms with Gasteiger partial charge in [0.2, 0.25) is 0 Å². The predicted octanol–water partition coefficient (Wildman–Crippen LogP) is 2.17. The third-order valence-electron chi connectivity index (χ3n) is 4.07. The predicted molar refractivity (Wildman–Crippen MR) is 101 cm³/mol. The van der Waals surface area contributed by atoms with Crippen molar-refractivity contribution in [2.75, 3.05) is 6.54 Å². The van der Waals surface area contributed by atoms with E-state index in [-0.39, 0.29) is 24.4 Å². The van der Waals surface area contributed by atoms with E-state index in [2.05, 4.69) is 10.3 Å². The third-order valence-corrected chi connectivity index (χ3v) is 5.19. The fourth-order valence-electron chi connectivity index (χ4n) is 2.40. The molecule has 0 saturated carbocycles. The Kier molecular flexibility index (Phi) is 6.52. The van der Waals surface area contributed by atoms with Crippen LogP contribution >= 0.6 is 11.3 Å². The van der Waals surface area contributed by atoms with Gasteiger partial charge < -0.3 is 10.1 Å². The Morgan fingerprint density at radius 2 is 2.00 bits per heavy atom. The molecule has 1 unspecified atom stereocenters. The highest BCUT2D eigenvalue weighted by Crippen LogP contribution is 2.25. The SMILES string of the molecule is Cc1sc2ncn(CCC(=O)OC(C)C(=O)NCC(C)C)c(=O)c2c1C. The Hall–Kier alpha value is -2.22. The van der Waals surface area contributed by atoms with Crippen LogP contribution in [-0.4, -0.2) is 34.1 Å². The minimum absolute atomic E-state index is 0.00292. The first-order valence-corrected chi connectivity index (χ1v) is 9.44. The average molecular weight is 379 g/mol. The summed E-state index contributed by atoms with van der Waals surface area (Å²) in [6, 6.07) is 0. The smallest absolute Gasteiger partial charge is 0.308 e. The molecule has 0 aliphatic carbocycles. The lowest BCUT2D eigenvalue weighted by atomic mass is 10.2. The van der Waals surface area contributed by atoms with E-state index in [4.69, 9.17) is 4.74 Å². The molecule has 1 N–H and O–H groups in total. The molecule has 0 saturated heterocycles. The van der Waals surface area contributed by atoms with Crippen molar-refractivity contribution in [3.05, 3.63) is 27.1 Å². The summed E-state index contributed by atoms with van der Waals surface area (Å²) in [5.74, 6) is -0.528. The molecule has 1 amide bonds. The molecule has 142 valence electrons. The molecule has 0 aromatic carbocycles. The van der Waals surface area contributed by atoms with Gasteiger partial charge in [0.1, 0.15) is 4.83 Å². The van der Waals surface area contributed by atoms with Gasteiger partial charge in [0.05, 0.1) is 18.1 Å². The van der Waals surface area contributed by atoms with Crippen molar-refractivity contribution in [3.8, 4) is 0 Å². The quantitative estimate of drug-likeness (QED) is 0.745. The summed E-state index contributed by atoms with van der Waals surface area (Å²) < 4.78 is 6.55. The fourth-order valence-corrected chi connectivity index (χ4v) is 3.39. The van der Waals surface area contributed by atoms with Crippen LogP contribution in [0.5, 0.6) is 0 Å². The molecule has 2 aromatic rings. The Morgan fingerprint density at radius 3 is 2.65 bits per heavy atom. The van der Waals surface area contributed by atoms with Crippen LogP contribution in [-0.2, 0) is 20.9 Å². The number of amides is 1. The van der Waals surface area contributed by atoms with E-state index in [1.165, 1.54) is 29.2 Å². The maximum atomic E-state index is 12.6. The lowest BCUT2D eigenvalue weighted by molar-refractivity contribution is -0.155. The van der Waals surface area contributed by atoms with Gasteiger partial charge in [-0.05, 0) is 32.3 Å². The van der Waals surface area contributed by atoms with Crippen LogP contribution < -0.4 is 10.9 Å². The van der Waals surface area contributed by atoms with Crippen molar-refractivity contribution >= 4 is 33.4 Å². The second-order valence-corrected chi connectivity index (χ2v) is 7.93. The highest BCUT2D eigenvalue weighted by Gasteiger charge is 2.18. The topological polar surface area (TPSA) is 90.3 Å². The largest absolute Gasteiger partial charge is 0.452 e. The number of hydrogen-bond donors (Lipinski definition) is 1. The molecule has 0 fully saturated rings. The molecule has 26 heavy (non-hydrogen) atoms. The van der Waals surface area contributed by atoms with Gasteiger partial charge in [-0.15, -0.1) is 11.3 Å². The summed E-state index contributed by atoms with van der Waals surface area (Å²) in [6.07, 6.45) is 0.587. The zero-order valence-corrected chi connectivity index (χ0v) is 16.6. The van der Waals surface area contributed by atoms with E-state index in [0.29, 0.717) is 22.7 Å². The van der Waals surface area contributed by atoms with Crippen molar-refractivity contribution in [1.29, 1.82) is 0 Å². The summed E-state index contributed by atoms with van der Waals surface area (Å²) in [4.78, 5) is 42.5. The van der Waals surface area contributed by atoms with E-state index < -0.39 is 12.1 Å². The van der Waals surface area contributed by atoms with Gasteiger partial charge in [-0.1, -0.05) is 13.8 Å². The van der Waals surface area contributed by atoms with Crippen molar-refractivity contribution in [3.63, 3.8) is 0 Å². The first-order valence-electron chi connectivity index (χ1n) is 8.63. The number of nitrogens with zero attached hydrogens (tertiary/aromatic N) is 2. The molecule has 0 aliphatic heterocycles. The molecule has 2 heterocycles. The number of nitrogens with one attached hydrogen (secondary N) is 1. The molecule has 2 aromatic heterocycles. The van der Waals surface area contributed by atoms with Crippen LogP contribution in [0.2, 0.25) is 0 Å². The number of fused-ring (bicyclic) bond motifs is 1. The maximum absolute atomic E-state index is 12.6. The molecular formula is C18H25N3O4S. The lowest BCUT2D eigenvalue weighted by Crippen LogP contribution is -2.37. The van der Waals surface area contributed by atoms with E-state index >= 15 is 0 Å². The molecule has 0 bridgehead atoms. The number of carbonyl (C=O) groups is 2. The second kappa shape index (κ2) is 8.44. The first-order chi connectivity index (χ1) is 12.2. The van der Waals surface area contributed by atoms with Crippen LogP contribution in [0.25, 0.3) is 10.2 Å². The molecule has 7 nitrogen and oxygen atoms in total. The molecule has 0 radical (unpaired) electrons. The zero-order valence-electron chi connectivity index (χ0n) is 15.8. The Labute approximate surface area is 156 Å². The molecule has 2 rings (SSSR count). The van der Waals surface area contributed by atoms with E-state index in [1.54, 1.807) is 0 Å². The summed E-state index contributed by atoms with van der Waals surface area (Å²) in [5.41, 5.74) is 0.766. The van der Waals surface area contributed by atoms with E-state index in [1.807, 2.05) is 27.7 Å². The van der Waals surface area contributed by atoms with Gasteiger partial charge in [-0.25, -0.2) is 4.98 Å². The standard InChI is InChI=1S/C18H25N3O4S/c1-10(2)8-19-16(23)12(4)25-14(22)6-7-21-9-20-17-15(18(21)24)11(3)13(5)26-17/h9-10,12H,6-8H2,1-5H3,(H,19,23). The average Bonchev–Trinajstić information content (AvgIpc) is 2.87. The first kappa shape index (κ1) is 20.1. The van der Waals surface area contributed by atoms with Crippen LogP contribution in [0, 0.1) is 19.8 Å². The second-order valence-electron chi connectivity index (χ2n) is 6.73. The monoisotopic (exact) mass is 379 g/mol. The number of hydrogen-bond acceptors (Lipinski definition) is 6. The van der Waals surface area contributed by atoms with Crippen LogP contribution in [0.4, 0.5) is 0 Å². The van der Waals surface area contributed by atoms with Gasteiger partial charge in [0.15, 0.2) is 6.10 Å². The van der Waals surface area contributed by atoms with Crippen LogP contribution in [0.15, 0.2) is 11.1 Å². The Bertz CT molecular complexity index is 869. The van der Waals surface area contributed by atoms with Gasteiger partial charge in [0.25, 0.3) is 11.5 Å². The van der Waals surface area contributed by atoms with Crippen LogP contribution in [0.3, 0.4) is 0 Å². The van der Waals surface area contributed by atoms with Crippen molar-refractivity contribution in [2.45, 2.75) is 53.7 Å². The fraction of sp³-hybridized carbons (Fsp3) is 0.556. The van der Waals surface area contributed by atoms with Crippen molar-refractivity contribution < 1.29 is 14.3 Å². The summed E-state index contributed by atoms with van der Waals surface area (Å²) >= 11 is 1.48. The Balaban J connectivity index is 1.96. The summed E-state index contributed by atoms with van der Waals surface area (Å²) in [7, 11) is 0. The van der Waals surface area contributed by atoms with Crippen molar-refractivity contribution in [1.82, 2.24) is 14.9 Å².